The van der Waals surface area contributed by atoms with Gasteiger partial charge in [-0.1, -0.05) is 23.7 Å². The van der Waals surface area contributed by atoms with E-state index in [9.17, 15) is 9.18 Å². The van der Waals surface area contributed by atoms with Gasteiger partial charge in [0.15, 0.2) is 0 Å². The number of hydrogen-bond donors (Lipinski definition) is 2. The molecular weight excluding hydrogens is 341 g/mol. The molecule has 6 heteroatoms. The second-order valence-corrected chi connectivity index (χ2v) is 5.84. The number of anilines is 3. The van der Waals surface area contributed by atoms with E-state index in [1.807, 2.05) is 25.1 Å². The summed E-state index contributed by atoms with van der Waals surface area (Å²) in [6, 6.07) is 14.5. The van der Waals surface area contributed by atoms with Crippen LogP contribution in [0.2, 0.25) is 5.02 Å². The Balaban J connectivity index is 1.70. The monoisotopic (exact) mass is 355 g/mol. The van der Waals surface area contributed by atoms with Crippen LogP contribution in [0.4, 0.5) is 21.6 Å². The first-order valence-corrected chi connectivity index (χ1v) is 7.96. The molecule has 25 heavy (non-hydrogen) atoms. The Morgan fingerprint density at radius 3 is 2.64 bits per heavy atom. The Bertz CT molecular complexity index is 913. The van der Waals surface area contributed by atoms with Crippen LogP contribution in [0, 0.1) is 12.7 Å². The van der Waals surface area contributed by atoms with Gasteiger partial charge in [0.2, 0.25) is 0 Å². The Morgan fingerprint density at radius 1 is 1.12 bits per heavy atom. The van der Waals surface area contributed by atoms with Crippen LogP contribution in [0.15, 0.2) is 60.8 Å². The molecule has 0 radical (unpaired) electrons. The summed E-state index contributed by atoms with van der Waals surface area (Å²) in [6.07, 6.45) is 1.53. The third-order valence-corrected chi connectivity index (χ3v) is 4.05. The average Bonchev–Trinajstić information content (AvgIpc) is 2.60. The highest BCUT2D eigenvalue weighted by molar-refractivity contribution is 6.31. The summed E-state index contributed by atoms with van der Waals surface area (Å²) in [5, 5.41) is 6.53. The van der Waals surface area contributed by atoms with Crippen molar-refractivity contribution < 1.29 is 9.18 Å². The number of carbonyl (C=O) groups excluding carboxylic acids is 1. The van der Waals surface area contributed by atoms with Gasteiger partial charge in [-0.3, -0.25) is 4.79 Å². The van der Waals surface area contributed by atoms with Gasteiger partial charge in [0.05, 0.1) is 11.9 Å². The molecule has 0 atom stereocenters. The number of halogens is 2. The van der Waals surface area contributed by atoms with E-state index >= 15 is 0 Å². The minimum atomic E-state index is -0.456. The van der Waals surface area contributed by atoms with Gasteiger partial charge < -0.3 is 10.6 Å². The van der Waals surface area contributed by atoms with Gasteiger partial charge in [-0.05, 0) is 55.0 Å². The highest BCUT2D eigenvalue weighted by Gasteiger charge is 2.08. The van der Waals surface area contributed by atoms with Crippen molar-refractivity contribution in [2.45, 2.75) is 6.92 Å². The zero-order chi connectivity index (χ0) is 17.8. The fourth-order valence-electron chi connectivity index (χ4n) is 2.26. The molecule has 4 nitrogen and oxygen atoms in total. The highest BCUT2D eigenvalue weighted by atomic mass is 35.5. The van der Waals surface area contributed by atoms with Crippen LogP contribution in [0.5, 0.6) is 0 Å². The summed E-state index contributed by atoms with van der Waals surface area (Å²) < 4.78 is 13.2. The van der Waals surface area contributed by atoms with Crippen molar-refractivity contribution >= 4 is 34.7 Å². The number of nitrogens with one attached hydrogen (secondary N) is 2. The fraction of sp³-hybridized carbons (Fsp3) is 0.0526. The maximum atomic E-state index is 13.2. The standard InChI is InChI=1S/C19H15ClFN3O/c1-12-16(20)6-3-7-17(12)24-18-9-8-15(11-22-18)23-19(25)13-4-2-5-14(21)10-13/h2-11H,1H3,(H,22,24)(H,23,25). The van der Waals surface area contributed by atoms with Gasteiger partial charge >= 0.3 is 0 Å². The zero-order valence-corrected chi connectivity index (χ0v) is 14.1. The van der Waals surface area contributed by atoms with Gasteiger partial charge in [-0.15, -0.1) is 0 Å². The van der Waals surface area contributed by atoms with Crippen LogP contribution in [0.1, 0.15) is 15.9 Å². The molecule has 1 amide bonds. The first kappa shape index (κ1) is 16.9. The predicted molar refractivity (Wildman–Crippen MR) is 98.1 cm³/mol. The predicted octanol–water partition coefficient (Wildman–Crippen LogP) is 5.18. The SMILES string of the molecule is Cc1c(Cl)cccc1Nc1ccc(NC(=O)c2cccc(F)c2)cn1. The molecule has 0 spiro atoms. The number of nitrogens with zero attached hydrogens (tertiary/aromatic N) is 1. The molecule has 0 aliphatic carbocycles. The minimum Gasteiger partial charge on any atom is -0.340 e. The molecule has 3 aromatic rings. The van der Waals surface area contributed by atoms with E-state index in [4.69, 9.17) is 11.6 Å². The van der Waals surface area contributed by atoms with Crippen LogP contribution in [0.3, 0.4) is 0 Å². The number of pyridine rings is 1. The maximum absolute atomic E-state index is 13.2. The second kappa shape index (κ2) is 7.32. The molecule has 0 aliphatic heterocycles. The molecule has 0 fully saturated rings. The molecular formula is C19H15ClFN3O. The van der Waals surface area contributed by atoms with E-state index in [-0.39, 0.29) is 5.56 Å². The smallest absolute Gasteiger partial charge is 0.255 e. The average molecular weight is 356 g/mol. The molecule has 0 unspecified atom stereocenters. The van der Waals surface area contributed by atoms with E-state index in [0.29, 0.717) is 16.5 Å². The normalized spacial score (nSPS) is 10.4. The van der Waals surface area contributed by atoms with Crippen molar-refractivity contribution in [3.8, 4) is 0 Å². The van der Waals surface area contributed by atoms with Crippen molar-refractivity contribution in [2.24, 2.45) is 0 Å². The van der Waals surface area contributed by atoms with Crippen LogP contribution in [-0.4, -0.2) is 10.9 Å². The van der Waals surface area contributed by atoms with Gasteiger partial charge in [0.1, 0.15) is 11.6 Å². The Morgan fingerprint density at radius 2 is 1.92 bits per heavy atom. The molecule has 2 N–H and O–H groups in total. The Kier molecular flexibility index (Phi) is 4.95. The van der Waals surface area contributed by atoms with Crippen molar-refractivity contribution in [1.82, 2.24) is 4.98 Å². The lowest BCUT2D eigenvalue weighted by molar-refractivity contribution is 0.102. The minimum absolute atomic E-state index is 0.247. The third-order valence-electron chi connectivity index (χ3n) is 3.64. The van der Waals surface area contributed by atoms with Crippen molar-refractivity contribution in [1.29, 1.82) is 0 Å². The number of aromatic nitrogens is 1. The number of carbonyl (C=O) groups is 1. The largest absolute Gasteiger partial charge is 0.340 e. The van der Waals surface area contributed by atoms with E-state index in [0.717, 1.165) is 11.3 Å². The summed E-state index contributed by atoms with van der Waals surface area (Å²) in [6.45, 7) is 1.91. The van der Waals surface area contributed by atoms with Crippen LogP contribution in [0.25, 0.3) is 0 Å². The Hall–Kier alpha value is -2.92. The number of benzene rings is 2. The van der Waals surface area contributed by atoms with Crippen LogP contribution < -0.4 is 10.6 Å². The summed E-state index contributed by atoms with van der Waals surface area (Å²) in [5.74, 6) is -0.232. The molecule has 0 aliphatic rings. The highest BCUT2D eigenvalue weighted by Crippen LogP contribution is 2.25. The van der Waals surface area contributed by atoms with E-state index in [1.54, 1.807) is 18.2 Å². The van der Waals surface area contributed by atoms with Crippen LogP contribution >= 0.6 is 11.6 Å². The molecule has 2 aromatic carbocycles. The van der Waals surface area contributed by atoms with Crippen molar-refractivity contribution in [2.75, 3.05) is 10.6 Å². The zero-order valence-electron chi connectivity index (χ0n) is 13.4. The van der Waals surface area contributed by atoms with E-state index in [1.165, 1.54) is 24.4 Å². The van der Waals surface area contributed by atoms with E-state index < -0.39 is 11.7 Å². The Labute approximate surface area is 149 Å². The molecule has 0 saturated carbocycles. The molecule has 3 rings (SSSR count). The summed E-state index contributed by atoms with van der Waals surface area (Å²) in [5.41, 5.74) is 2.55. The lowest BCUT2D eigenvalue weighted by atomic mass is 10.2. The lowest BCUT2D eigenvalue weighted by Crippen LogP contribution is -2.12. The fourth-order valence-corrected chi connectivity index (χ4v) is 2.43. The topological polar surface area (TPSA) is 54.0 Å². The summed E-state index contributed by atoms with van der Waals surface area (Å²) in [4.78, 5) is 16.4. The van der Waals surface area contributed by atoms with Crippen molar-refractivity contribution in [3.05, 3.63) is 82.8 Å². The van der Waals surface area contributed by atoms with Gasteiger partial charge in [0.25, 0.3) is 5.91 Å². The number of hydrogen-bond acceptors (Lipinski definition) is 3. The summed E-state index contributed by atoms with van der Waals surface area (Å²) in [7, 11) is 0. The molecule has 1 aromatic heterocycles. The molecule has 1 heterocycles. The van der Waals surface area contributed by atoms with Gasteiger partial charge in [-0.2, -0.15) is 0 Å². The van der Waals surface area contributed by atoms with E-state index in [2.05, 4.69) is 15.6 Å². The first-order valence-electron chi connectivity index (χ1n) is 7.58. The quantitative estimate of drug-likeness (QED) is 0.678. The maximum Gasteiger partial charge on any atom is 0.255 e. The molecule has 0 bridgehead atoms. The third kappa shape index (κ3) is 4.14. The second-order valence-electron chi connectivity index (χ2n) is 5.43. The van der Waals surface area contributed by atoms with Crippen LogP contribution in [-0.2, 0) is 0 Å². The number of rotatable bonds is 4. The first-order chi connectivity index (χ1) is 12.0. The summed E-state index contributed by atoms with van der Waals surface area (Å²) >= 11 is 6.10. The number of amides is 1. The van der Waals surface area contributed by atoms with Gasteiger partial charge in [0, 0.05) is 16.3 Å². The lowest BCUT2D eigenvalue weighted by Gasteiger charge is -2.11. The van der Waals surface area contributed by atoms with Gasteiger partial charge in [-0.25, -0.2) is 9.37 Å². The molecule has 0 saturated heterocycles. The molecule has 126 valence electrons. The van der Waals surface area contributed by atoms with Crippen molar-refractivity contribution in [3.63, 3.8) is 0 Å².